The van der Waals surface area contributed by atoms with Gasteiger partial charge in [-0.2, -0.15) is 0 Å². The highest BCUT2D eigenvalue weighted by Gasteiger charge is 2.16. The Hall–Kier alpha value is -0.610. The second kappa shape index (κ2) is 8.48. The summed E-state index contributed by atoms with van der Waals surface area (Å²) in [5.41, 5.74) is 0.0886. The second-order valence-electron chi connectivity index (χ2n) is 6.44. The average Bonchev–Trinajstić information content (AvgIpc) is 2.19. The first-order valence-electron chi connectivity index (χ1n) is 6.89. The van der Waals surface area contributed by atoms with Gasteiger partial charge in [0.1, 0.15) is 0 Å². The maximum absolute atomic E-state index is 11.5. The van der Waals surface area contributed by atoms with Crippen molar-refractivity contribution in [3.05, 3.63) is 0 Å². The van der Waals surface area contributed by atoms with Crippen molar-refractivity contribution in [3.8, 4) is 0 Å². The molecule has 0 spiro atoms. The fourth-order valence-corrected chi connectivity index (χ4v) is 1.74. The lowest BCUT2D eigenvalue weighted by Crippen LogP contribution is -2.34. The summed E-state index contributed by atoms with van der Waals surface area (Å²) in [6, 6.07) is 0.460. The largest absolute Gasteiger partial charge is 0.391 e. The van der Waals surface area contributed by atoms with E-state index in [2.05, 4.69) is 45.3 Å². The highest BCUT2D eigenvalue weighted by molar-refractivity contribution is 5.75. The molecule has 0 saturated carbocycles. The van der Waals surface area contributed by atoms with Crippen LogP contribution in [0, 0.1) is 5.41 Å². The minimum absolute atomic E-state index is 0.0218. The molecule has 108 valence electrons. The van der Waals surface area contributed by atoms with Crippen LogP contribution in [0.25, 0.3) is 0 Å². The van der Waals surface area contributed by atoms with Crippen LogP contribution in [0.15, 0.2) is 0 Å². The Morgan fingerprint density at radius 1 is 1.28 bits per heavy atom. The molecule has 0 aliphatic carbocycles. The summed E-state index contributed by atoms with van der Waals surface area (Å²) in [5.74, 6) is 0.0218. The summed E-state index contributed by atoms with van der Waals surface area (Å²) < 4.78 is 0. The molecular formula is C14H30N2O2. The van der Waals surface area contributed by atoms with Crippen LogP contribution in [-0.2, 0) is 4.79 Å². The lowest BCUT2D eigenvalue weighted by molar-refractivity contribution is -0.121. The monoisotopic (exact) mass is 258 g/mol. The van der Waals surface area contributed by atoms with Gasteiger partial charge in [0.25, 0.3) is 0 Å². The summed E-state index contributed by atoms with van der Waals surface area (Å²) in [6.45, 7) is 11.6. The summed E-state index contributed by atoms with van der Waals surface area (Å²) >= 11 is 0. The van der Waals surface area contributed by atoms with Gasteiger partial charge in [0.2, 0.25) is 5.91 Å². The van der Waals surface area contributed by atoms with Gasteiger partial charge in [0, 0.05) is 19.0 Å². The molecule has 0 aliphatic heterocycles. The van der Waals surface area contributed by atoms with Gasteiger partial charge in [-0.3, -0.25) is 4.79 Å². The van der Waals surface area contributed by atoms with Gasteiger partial charge < -0.3 is 15.7 Å². The number of amides is 1. The Bertz CT molecular complexity index is 234. The van der Waals surface area contributed by atoms with E-state index in [4.69, 9.17) is 0 Å². The Balaban J connectivity index is 3.58. The number of carbonyl (C=O) groups excluding carboxylic acids is 1. The van der Waals surface area contributed by atoms with Crippen molar-refractivity contribution in [1.82, 2.24) is 10.6 Å². The molecule has 4 nitrogen and oxygen atoms in total. The highest BCUT2D eigenvalue weighted by atomic mass is 16.3. The Labute approximate surface area is 112 Å². The van der Waals surface area contributed by atoms with E-state index in [1.807, 2.05) is 0 Å². The predicted molar refractivity (Wildman–Crippen MR) is 75.5 cm³/mol. The molecule has 1 atom stereocenters. The molecule has 0 fully saturated rings. The molecule has 0 heterocycles. The standard InChI is InChI=1S/C14H30N2O2/c1-11(2)15-8-6-7-13(18)16-10-12(17)9-14(3,4)5/h11-12,15,17H,6-10H2,1-5H3,(H,16,18). The van der Waals surface area contributed by atoms with Gasteiger partial charge in [-0.05, 0) is 24.8 Å². The molecule has 0 rings (SSSR count). The number of rotatable bonds is 8. The third-order valence-electron chi connectivity index (χ3n) is 2.52. The smallest absolute Gasteiger partial charge is 0.220 e. The summed E-state index contributed by atoms with van der Waals surface area (Å²) in [5, 5.41) is 15.8. The molecule has 1 amide bonds. The second-order valence-corrected chi connectivity index (χ2v) is 6.44. The van der Waals surface area contributed by atoms with Gasteiger partial charge in [0.15, 0.2) is 0 Å². The molecule has 1 unspecified atom stereocenters. The topological polar surface area (TPSA) is 61.4 Å². The minimum atomic E-state index is -0.456. The van der Waals surface area contributed by atoms with E-state index < -0.39 is 6.10 Å². The Kier molecular flexibility index (Phi) is 8.20. The quantitative estimate of drug-likeness (QED) is 0.581. The van der Waals surface area contributed by atoms with Gasteiger partial charge in [-0.1, -0.05) is 34.6 Å². The molecule has 4 heteroatoms. The fraction of sp³-hybridized carbons (Fsp3) is 0.929. The van der Waals surface area contributed by atoms with Crippen molar-refractivity contribution >= 4 is 5.91 Å². The van der Waals surface area contributed by atoms with Crippen LogP contribution in [-0.4, -0.2) is 36.2 Å². The van der Waals surface area contributed by atoms with Crippen molar-refractivity contribution in [2.45, 2.75) is 66.0 Å². The fourth-order valence-electron chi connectivity index (χ4n) is 1.74. The normalized spacial score (nSPS) is 13.7. The predicted octanol–water partition coefficient (Wildman–Crippen LogP) is 1.68. The zero-order valence-electron chi connectivity index (χ0n) is 12.5. The molecule has 3 N–H and O–H groups in total. The molecule has 0 bridgehead atoms. The van der Waals surface area contributed by atoms with E-state index in [-0.39, 0.29) is 11.3 Å². The first-order valence-corrected chi connectivity index (χ1v) is 6.89. The number of nitrogens with one attached hydrogen (secondary N) is 2. The zero-order chi connectivity index (χ0) is 14.2. The average molecular weight is 258 g/mol. The van der Waals surface area contributed by atoms with Gasteiger partial charge in [0.05, 0.1) is 6.10 Å². The lowest BCUT2D eigenvalue weighted by atomic mass is 9.89. The van der Waals surface area contributed by atoms with Crippen molar-refractivity contribution in [1.29, 1.82) is 0 Å². The third-order valence-corrected chi connectivity index (χ3v) is 2.52. The first kappa shape index (κ1) is 17.4. The number of hydrogen-bond donors (Lipinski definition) is 3. The molecule has 0 saturated heterocycles. The number of aliphatic hydroxyl groups is 1. The van der Waals surface area contributed by atoms with E-state index in [0.717, 1.165) is 13.0 Å². The van der Waals surface area contributed by atoms with Crippen molar-refractivity contribution in [2.75, 3.05) is 13.1 Å². The molecule has 0 aliphatic rings. The first-order chi connectivity index (χ1) is 8.20. The summed E-state index contributed by atoms with van der Waals surface area (Å²) in [4.78, 5) is 11.5. The van der Waals surface area contributed by atoms with E-state index in [1.165, 1.54) is 0 Å². The third kappa shape index (κ3) is 11.9. The van der Waals surface area contributed by atoms with Crippen LogP contribution in [0.2, 0.25) is 0 Å². The zero-order valence-corrected chi connectivity index (χ0v) is 12.5. The highest BCUT2D eigenvalue weighted by Crippen LogP contribution is 2.20. The van der Waals surface area contributed by atoms with Crippen LogP contribution in [0.5, 0.6) is 0 Å². The van der Waals surface area contributed by atoms with E-state index in [9.17, 15) is 9.90 Å². The van der Waals surface area contributed by atoms with Crippen molar-refractivity contribution in [3.63, 3.8) is 0 Å². The maximum atomic E-state index is 11.5. The number of hydrogen-bond acceptors (Lipinski definition) is 3. The van der Waals surface area contributed by atoms with E-state index >= 15 is 0 Å². The molecule has 0 aromatic heterocycles. The minimum Gasteiger partial charge on any atom is -0.391 e. The summed E-state index contributed by atoms with van der Waals surface area (Å²) in [7, 11) is 0. The molecule has 18 heavy (non-hydrogen) atoms. The SMILES string of the molecule is CC(C)NCCCC(=O)NCC(O)CC(C)(C)C. The molecule has 0 aromatic carbocycles. The lowest BCUT2D eigenvalue weighted by Gasteiger charge is -2.22. The molecular weight excluding hydrogens is 228 g/mol. The van der Waals surface area contributed by atoms with Crippen LogP contribution < -0.4 is 10.6 Å². The number of aliphatic hydroxyl groups excluding tert-OH is 1. The van der Waals surface area contributed by atoms with E-state index in [0.29, 0.717) is 25.4 Å². The Morgan fingerprint density at radius 2 is 1.89 bits per heavy atom. The molecule has 0 aromatic rings. The van der Waals surface area contributed by atoms with E-state index in [1.54, 1.807) is 0 Å². The Morgan fingerprint density at radius 3 is 2.39 bits per heavy atom. The van der Waals surface area contributed by atoms with Crippen molar-refractivity contribution in [2.24, 2.45) is 5.41 Å². The van der Waals surface area contributed by atoms with Crippen LogP contribution in [0.4, 0.5) is 0 Å². The molecule has 0 radical (unpaired) electrons. The van der Waals surface area contributed by atoms with Gasteiger partial charge >= 0.3 is 0 Å². The van der Waals surface area contributed by atoms with Crippen molar-refractivity contribution < 1.29 is 9.90 Å². The number of carbonyl (C=O) groups is 1. The van der Waals surface area contributed by atoms with Crippen LogP contribution in [0.3, 0.4) is 0 Å². The van der Waals surface area contributed by atoms with Crippen LogP contribution >= 0.6 is 0 Å². The maximum Gasteiger partial charge on any atom is 0.220 e. The summed E-state index contributed by atoms with van der Waals surface area (Å²) in [6.07, 6.45) is 1.59. The van der Waals surface area contributed by atoms with Crippen LogP contribution in [0.1, 0.15) is 53.9 Å². The van der Waals surface area contributed by atoms with Gasteiger partial charge in [-0.25, -0.2) is 0 Å². The van der Waals surface area contributed by atoms with Gasteiger partial charge in [-0.15, -0.1) is 0 Å².